The normalized spacial score (nSPS) is 25.3. The van der Waals surface area contributed by atoms with E-state index in [0.29, 0.717) is 6.61 Å². The van der Waals surface area contributed by atoms with Gasteiger partial charge in [-0.1, -0.05) is 0 Å². The van der Waals surface area contributed by atoms with Gasteiger partial charge in [0, 0.05) is 13.0 Å². The van der Waals surface area contributed by atoms with E-state index >= 15 is 0 Å². The fraction of sp³-hybridized carbons (Fsp3) is 0.800. The Kier molecular flexibility index (Phi) is 4.07. The SMILES string of the molecule is CCOC(=O)CC(=O)C1CC(OC)C1. The summed E-state index contributed by atoms with van der Waals surface area (Å²) < 4.78 is 9.74. The summed E-state index contributed by atoms with van der Waals surface area (Å²) in [5, 5.41) is 0. The van der Waals surface area contributed by atoms with Gasteiger partial charge in [-0.2, -0.15) is 0 Å². The zero-order valence-corrected chi connectivity index (χ0v) is 8.62. The van der Waals surface area contributed by atoms with E-state index in [1.165, 1.54) is 0 Å². The number of rotatable bonds is 5. The molecular weight excluding hydrogens is 184 g/mol. The molecule has 1 saturated carbocycles. The molecule has 1 aliphatic rings. The summed E-state index contributed by atoms with van der Waals surface area (Å²) in [5.41, 5.74) is 0. The summed E-state index contributed by atoms with van der Waals surface area (Å²) in [6.07, 6.45) is 1.60. The largest absolute Gasteiger partial charge is 0.466 e. The summed E-state index contributed by atoms with van der Waals surface area (Å²) in [6, 6.07) is 0. The smallest absolute Gasteiger partial charge is 0.313 e. The first-order chi connectivity index (χ1) is 6.67. The number of ketones is 1. The number of hydrogen-bond donors (Lipinski definition) is 0. The monoisotopic (exact) mass is 200 g/mol. The quantitative estimate of drug-likeness (QED) is 0.489. The van der Waals surface area contributed by atoms with Crippen molar-refractivity contribution in [2.24, 2.45) is 5.92 Å². The van der Waals surface area contributed by atoms with E-state index in [-0.39, 0.29) is 24.2 Å². The van der Waals surface area contributed by atoms with Crippen LogP contribution in [0.5, 0.6) is 0 Å². The van der Waals surface area contributed by atoms with Crippen LogP contribution in [0, 0.1) is 5.92 Å². The summed E-state index contributed by atoms with van der Waals surface area (Å²) >= 11 is 0. The number of methoxy groups -OCH3 is 1. The van der Waals surface area contributed by atoms with Gasteiger partial charge >= 0.3 is 5.97 Å². The Morgan fingerprint density at radius 1 is 1.36 bits per heavy atom. The molecule has 1 fully saturated rings. The third-order valence-corrected chi connectivity index (χ3v) is 2.51. The highest BCUT2D eigenvalue weighted by Crippen LogP contribution is 2.31. The van der Waals surface area contributed by atoms with Crippen LogP contribution in [0.3, 0.4) is 0 Å². The molecule has 1 aliphatic carbocycles. The van der Waals surface area contributed by atoms with Gasteiger partial charge in [-0.05, 0) is 19.8 Å². The van der Waals surface area contributed by atoms with E-state index in [2.05, 4.69) is 0 Å². The van der Waals surface area contributed by atoms with Crippen LogP contribution in [0.25, 0.3) is 0 Å². The van der Waals surface area contributed by atoms with E-state index in [9.17, 15) is 9.59 Å². The fourth-order valence-corrected chi connectivity index (χ4v) is 1.52. The highest BCUT2D eigenvalue weighted by molar-refractivity contribution is 5.97. The van der Waals surface area contributed by atoms with Gasteiger partial charge in [0.25, 0.3) is 0 Å². The van der Waals surface area contributed by atoms with Crippen LogP contribution in [-0.4, -0.2) is 31.6 Å². The van der Waals surface area contributed by atoms with E-state index in [0.717, 1.165) is 12.8 Å². The van der Waals surface area contributed by atoms with Crippen LogP contribution < -0.4 is 0 Å². The minimum atomic E-state index is -0.418. The van der Waals surface area contributed by atoms with Gasteiger partial charge in [-0.15, -0.1) is 0 Å². The molecule has 0 N–H and O–H groups in total. The molecular formula is C10H16O4. The Morgan fingerprint density at radius 3 is 2.50 bits per heavy atom. The molecule has 0 atom stereocenters. The lowest BCUT2D eigenvalue weighted by Gasteiger charge is -2.32. The molecule has 0 radical (unpaired) electrons. The lowest BCUT2D eigenvalue weighted by molar-refractivity contribution is -0.148. The maximum absolute atomic E-state index is 11.4. The van der Waals surface area contributed by atoms with Crippen LogP contribution in [-0.2, 0) is 19.1 Å². The first-order valence-electron chi connectivity index (χ1n) is 4.88. The van der Waals surface area contributed by atoms with Gasteiger partial charge in [0.15, 0.2) is 0 Å². The van der Waals surface area contributed by atoms with Crippen molar-refractivity contribution in [2.45, 2.75) is 32.3 Å². The average molecular weight is 200 g/mol. The minimum Gasteiger partial charge on any atom is -0.466 e. The number of hydrogen-bond acceptors (Lipinski definition) is 4. The number of ether oxygens (including phenoxy) is 2. The molecule has 80 valence electrons. The molecule has 0 unspecified atom stereocenters. The number of carbonyl (C=O) groups is 2. The van der Waals surface area contributed by atoms with E-state index < -0.39 is 5.97 Å². The molecule has 0 amide bonds. The third-order valence-electron chi connectivity index (χ3n) is 2.51. The van der Waals surface area contributed by atoms with Crippen molar-refractivity contribution in [3.63, 3.8) is 0 Å². The topological polar surface area (TPSA) is 52.6 Å². The van der Waals surface area contributed by atoms with Gasteiger partial charge in [0.2, 0.25) is 0 Å². The second-order valence-corrected chi connectivity index (χ2v) is 3.47. The van der Waals surface area contributed by atoms with Crippen molar-refractivity contribution >= 4 is 11.8 Å². The van der Waals surface area contributed by atoms with Crippen molar-refractivity contribution in [3.8, 4) is 0 Å². The molecule has 0 heterocycles. The minimum absolute atomic E-state index is 0.00403. The maximum Gasteiger partial charge on any atom is 0.313 e. The molecule has 0 bridgehead atoms. The highest BCUT2D eigenvalue weighted by Gasteiger charge is 2.35. The third kappa shape index (κ3) is 2.80. The zero-order chi connectivity index (χ0) is 10.6. The number of esters is 1. The Labute approximate surface area is 83.6 Å². The van der Waals surface area contributed by atoms with Crippen LogP contribution >= 0.6 is 0 Å². The van der Waals surface area contributed by atoms with Crippen LogP contribution in [0.2, 0.25) is 0 Å². The molecule has 0 aromatic heterocycles. The predicted molar refractivity (Wildman–Crippen MR) is 49.8 cm³/mol. The van der Waals surface area contributed by atoms with Crippen LogP contribution in [0.1, 0.15) is 26.2 Å². The van der Waals surface area contributed by atoms with Crippen molar-refractivity contribution < 1.29 is 19.1 Å². The average Bonchev–Trinajstić information content (AvgIpc) is 2.02. The van der Waals surface area contributed by atoms with Crippen molar-refractivity contribution in [1.29, 1.82) is 0 Å². The van der Waals surface area contributed by atoms with Gasteiger partial charge in [-0.25, -0.2) is 0 Å². The van der Waals surface area contributed by atoms with Gasteiger partial charge in [-0.3, -0.25) is 9.59 Å². The summed E-state index contributed by atoms with van der Waals surface area (Å²) in [7, 11) is 1.64. The molecule has 0 aromatic rings. The Morgan fingerprint density at radius 2 is 2.00 bits per heavy atom. The second-order valence-electron chi connectivity index (χ2n) is 3.47. The van der Waals surface area contributed by atoms with Gasteiger partial charge in [0.1, 0.15) is 12.2 Å². The second kappa shape index (κ2) is 5.10. The van der Waals surface area contributed by atoms with Crippen LogP contribution in [0.15, 0.2) is 0 Å². The molecule has 4 nitrogen and oxygen atoms in total. The molecule has 14 heavy (non-hydrogen) atoms. The van der Waals surface area contributed by atoms with Crippen molar-refractivity contribution in [1.82, 2.24) is 0 Å². The molecule has 4 heteroatoms. The summed E-state index contributed by atoms with van der Waals surface area (Å²) in [6.45, 7) is 2.06. The highest BCUT2D eigenvalue weighted by atomic mass is 16.5. The standard InChI is InChI=1S/C10H16O4/c1-3-14-10(12)6-9(11)7-4-8(5-7)13-2/h7-8H,3-6H2,1-2H3. The van der Waals surface area contributed by atoms with Gasteiger partial charge < -0.3 is 9.47 Å². The van der Waals surface area contributed by atoms with Crippen molar-refractivity contribution in [3.05, 3.63) is 0 Å². The maximum atomic E-state index is 11.4. The van der Waals surface area contributed by atoms with Crippen molar-refractivity contribution in [2.75, 3.05) is 13.7 Å². The Bertz CT molecular complexity index is 218. The molecule has 0 spiro atoms. The van der Waals surface area contributed by atoms with Crippen LogP contribution in [0.4, 0.5) is 0 Å². The predicted octanol–water partition coefficient (Wildman–Crippen LogP) is 0.934. The number of Topliss-reactive ketones (excluding diaryl/α,β-unsaturated/α-hetero) is 1. The van der Waals surface area contributed by atoms with Gasteiger partial charge in [0.05, 0.1) is 12.7 Å². The van der Waals surface area contributed by atoms with E-state index in [1.807, 2.05) is 0 Å². The van der Waals surface area contributed by atoms with E-state index in [1.54, 1.807) is 14.0 Å². The van der Waals surface area contributed by atoms with E-state index in [4.69, 9.17) is 9.47 Å². The molecule has 0 aliphatic heterocycles. The summed E-state index contributed by atoms with van der Waals surface area (Å²) in [5.74, 6) is -0.431. The lowest BCUT2D eigenvalue weighted by Crippen LogP contribution is -2.36. The first kappa shape index (κ1) is 11.2. The first-order valence-corrected chi connectivity index (χ1v) is 4.88. The fourth-order valence-electron chi connectivity index (χ4n) is 1.52. The molecule has 1 rings (SSSR count). The zero-order valence-electron chi connectivity index (χ0n) is 8.62. The molecule has 0 saturated heterocycles. The Balaban J connectivity index is 2.20. The number of carbonyl (C=O) groups excluding carboxylic acids is 2. The Hall–Kier alpha value is -0.900. The lowest BCUT2D eigenvalue weighted by atomic mass is 9.78. The molecule has 0 aromatic carbocycles. The summed E-state index contributed by atoms with van der Waals surface area (Å²) in [4.78, 5) is 22.4.